The molecule has 0 amide bonds. The van der Waals surface area contributed by atoms with Crippen molar-refractivity contribution >= 4 is 28.6 Å². The predicted octanol–water partition coefficient (Wildman–Crippen LogP) is 3.28. The topological polar surface area (TPSA) is 44.8 Å². The normalized spacial score (nSPS) is 16.1. The van der Waals surface area contributed by atoms with E-state index in [4.69, 9.17) is 49.3 Å². The second-order valence-electron chi connectivity index (χ2n) is 3.86. The van der Waals surface area contributed by atoms with E-state index in [1.807, 2.05) is 0 Å². The molecule has 2 atom stereocenters. The van der Waals surface area contributed by atoms with Crippen molar-refractivity contribution in [2.75, 3.05) is 19.8 Å². The van der Waals surface area contributed by atoms with E-state index in [-0.39, 0.29) is 37.9 Å². The number of hydrogen-bond donors (Lipinski definition) is 0. The van der Waals surface area contributed by atoms with Gasteiger partial charge in [0.25, 0.3) is 0 Å². The molecule has 4 nitrogen and oxygen atoms in total. The maximum absolute atomic E-state index is 11.1. The van der Waals surface area contributed by atoms with Gasteiger partial charge in [0, 0.05) is 5.92 Å². The molecular formula is C12H17Cl2O4P. The number of halogens is 2. The molecule has 0 rings (SSSR count). The lowest BCUT2D eigenvalue weighted by atomic mass is 10.2. The summed E-state index contributed by atoms with van der Waals surface area (Å²) in [5.74, 6) is 4.63. The van der Waals surface area contributed by atoms with E-state index in [0.29, 0.717) is 0 Å². The monoisotopic (exact) mass is 326 g/mol. The number of rotatable bonds is 9. The predicted molar refractivity (Wildman–Crippen MR) is 77.2 cm³/mol. The van der Waals surface area contributed by atoms with Crippen molar-refractivity contribution in [3.63, 3.8) is 0 Å². The van der Waals surface area contributed by atoms with Gasteiger partial charge >= 0.3 is 6.07 Å². The molecule has 0 saturated carbocycles. The first kappa shape index (κ1) is 18.8. The highest BCUT2D eigenvalue weighted by Gasteiger charge is 2.20. The van der Waals surface area contributed by atoms with E-state index in [1.165, 1.54) is 0 Å². The van der Waals surface area contributed by atoms with Gasteiger partial charge in [0.1, 0.15) is 12.2 Å². The van der Waals surface area contributed by atoms with Crippen molar-refractivity contribution in [2.24, 2.45) is 5.92 Å². The summed E-state index contributed by atoms with van der Waals surface area (Å²) >= 11 is 10.6. The Bertz CT molecular complexity index is 358. The molecule has 0 N–H and O–H groups in total. The second-order valence-corrected chi connectivity index (χ2v) is 8.14. The lowest BCUT2D eigenvalue weighted by molar-refractivity contribution is 0.000781. The summed E-state index contributed by atoms with van der Waals surface area (Å²) in [6.07, 6.45) is 6.13. The van der Waals surface area contributed by atoms with Crippen LogP contribution in [0.5, 0.6) is 0 Å². The molecule has 0 aromatic rings. The van der Waals surface area contributed by atoms with Crippen LogP contribution in [0.3, 0.4) is 0 Å². The minimum atomic E-state index is -3.58. The molecule has 7 heteroatoms. The zero-order valence-corrected chi connectivity index (χ0v) is 13.3. The van der Waals surface area contributed by atoms with Crippen molar-refractivity contribution in [1.29, 1.82) is 0 Å². The fraction of sp³-hybridized carbons (Fsp3) is 0.667. The molecule has 0 aromatic carbocycles. The maximum atomic E-state index is 11.1. The van der Waals surface area contributed by atoms with E-state index in [9.17, 15) is 4.57 Å². The second kappa shape index (κ2) is 9.67. The van der Waals surface area contributed by atoms with Gasteiger partial charge in [-0.3, -0.25) is 4.57 Å². The Balaban J connectivity index is 4.27. The van der Waals surface area contributed by atoms with Crippen LogP contribution in [-0.2, 0) is 18.6 Å². The van der Waals surface area contributed by atoms with Crippen molar-refractivity contribution < 1.29 is 18.6 Å². The molecule has 0 aromatic heterocycles. The Labute approximate surface area is 124 Å². The van der Waals surface area contributed by atoms with E-state index < -0.39 is 6.07 Å². The maximum Gasteiger partial charge on any atom is 0.380 e. The quantitative estimate of drug-likeness (QED) is 0.482. The SMILES string of the molecule is C#CC(C)OCC(COC(C)C#C)COP(=O)(Cl)Cl. The number of ether oxygens (including phenoxy) is 2. The summed E-state index contributed by atoms with van der Waals surface area (Å²) in [5.41, 5.74) is 0. The summed E-state index contributed by atoms with van der Waals surface area (Å²) in [6, 6.07) is 0. The first-order valence-corrected chi connectivity index (χ1v) is 9.01. The van der Waals surface area contributed by atoms with Crippen LogP contribution in [0, 0.1) is 30.6 Å². The largest absolute Gasteiger partial charge is 0.380 e. The summed E-state index contributed by atoms with van der Waals surface area (Å²) in [4.78, 5) is 0. The Morgan fingerprint density at radius 2 is 1.47 bits per heavy atom. The molecule has 0 aliphatic heterocycles. The Kier molecular flexibility index (Phi) is 9.58. The van der Waals surface area contributed by atoms with Crippen LogP contribution in [0.15, 0.2) is 0 Å². The molecule has 108 valence electrons. The zero-order chi connectivity index (χ0) is 14.9. The fourth-order valence-electron chi connectivity index (χ4n) is 0.994. The standard InChI is InChI=1S/C12H17Cl2O4P/c1-5-10(3)16-7-12(8-17-11(4)6-2)9-18-19(13,14)15/h1-2,10-12H,7-9H2,3-4H3. The number of terminal acetylenes is 2. The van der Waals surface area contributed by atoms with Crippen molar-refractivity contribution in [3.05, 3.63) is 0 Å². The molecule has 0 aliphatic rings. The Morgan fingerprint density at radius 1 is 1.05 bits per heavy atom. The third-order valence-electron chi connectivity index (χ3n) is 2.09. The Morgan fingerprint density at radius 3 is 1.79 bits per heavy atom. The lowest BCUT2D eigenvalue weighted by Crippen LogP contribution is -2.25. The minimum absolute atomic E-state index is 0.0266. The van der Waals surface area contributed by atoms with Crippen LogP contribution in [-0.4, -0.2) is 32.0 Å². The van der Waals surface area contributed by atoms with Gasteiger partial charge in [0.15, 0.2) is 0 Å². The first-order valence-electron chi connectivity index (χ1n) is 5.57. The van der Waals surface area contributed by atoms with E-state index in [0.717, 1.165) is 0 Å². The van der Waals surface area contributed by atoms with Gasteiger partial charge in [0.2, 0.25) is 0 Å². The first-order chi connectivity index (χ1) is 8.78. The fourth-order valence-corrected chi connectivity index (χ4v) is 1.72. The van der Waals surface area contributed by atoms with Gasteiger partial charge in [-0.25, -0.2) is 0 Å². The average Bonchev–Trinajstić information content (AvgIpc) is 2.35. The lowest BCUT2D eigenvalue weighted by Gasteiger charge is -2.19. The summed E-state index contributed by atoms with van der Waals surface area (Å²) in [6.45, 7) is 4.01. The van der Waals surface area contributed by atoms with Crippen LogP contribution in [0.1, 0.15) is 13.8 Å². The van der Waals surface area contributed by atoms with Crippen molar-refractivity contribution in [2.45, 2.75) is 26.1 Å². The van der Waals surface area contributed by atoms with Gasteiger partial charge in [0.05, 0.1) is 19.8 Å². The summed E-state index contributed by atoms with van der Waals surface area (Å²) in [5, 5.41) is 0. The summed E-state index contributed by atoms with van der Waals surface area (Å²) < 4.78 is 26.6. The van der Waals surface area contributed by atoms with Crippen LogP contribution >= 0.6 is 28.6 Å². The van der Waals surface area contributed by atoms with Gasteiger partial charge in [-0.05, 0) is 36.3 Å². The molecule has 19 heavy (non-hydrogen) atoms. The van der Waals surface area contributed by atoms with E-state index in [1.54, 1.807) is 13.8 Å². The molecule has 0 bridgehead atoms. The molecule has 0 fully saturated rings. The molecule has 0 heterocycles. The highest BCUT2D eigenvalue weighted by molar-refractivity contribution is 8.05. The van der Waals surface area contributed by atoms with Crippen LogP contribution < -0.4 is 0 Å². The van der Waals surface area contributed by atoms with Gasteiger partial charge in [-0.15, -0.1) is 12.8 Å². The van der Waals surface area contributed by atoms with Gasteiger partial charge < -0.3 is 14.0 Å². The summed E-state index contributed by atoms with van der Waals surface area (Å²) in [7, 11) is 0. The molecule has 0 spiro atoms. The van der Waals surface area contributed by atoms with E-state index >= 15 is 0 Å². The smallest absolute Gasteiger partial charge is 0.365 e. The van der Waals surface area contributed by atoms with Gasteiger partial charge in [-0.1, -0.05) is 11.8 Å². The molecule has 2 unspecified atom stereocenters. The average molecular weight is 327 g/mol. The van der Waals surface area contributed by atoms with Gasteiger partial charge in [-0.2, -0.15) is 0 Å². The third kappa shape index (κ3) is 11.3. The molecule has 0 saturated heterocycles. The minimum Gasteiger partial charge on any atom is -0.365 e. The highest BCUT2D eigenvalue weighted by atomic mass is 35.9. The van der Waals surface area contributed by atoms with Crippen molar-refractivity contribution in [3.8, 4) is 24.7 Å². The molecule has 0 radical (unpaired) electrons. The third-order valence-corrected chi connectivity index (χ3v) is 3.13. The molecule has 0 aliphatic carbocycles. The van der Waals surface area contributed by atoms with Crippen LogP contribution in [0.2, 0.25) is 0 Å². The number of hydrogen-bond acceptors (Lipinski definition) is 4. The van der Waals surface area contributed by atoms with Crippen LogP contribution in [0.4, 0.5) is 0 Å². The zero-order valence-electron chi connectivity index (χ0n) is 10.8. The van der Waals surface area contributed by atoms with Crippen LogP contribution in [0.25, 0.3) is 0 Å². The Hall–Kier alpha value is -0.190. The van der Waals surface area contributed by atoms with Crippen molar-refractivity contribution in [1.82, 2.24) is 0 Å². The highest BCUT2D eigenvalue weighted by Crippen LogP contribution is 2.57. The van der Waals surface area contributed by atoms with E-state index in [2.05, 4.69) is 11.8 Å². The molecular weight excluding hydrogens is 310 g/mol.